The summed E-state index contributed by atoms with van der Waals surface area (Å²) in [6.07, 6.45) is 0. The number of nitrogen functional groups attached to an aromatic ring is 1. The van der Waals surface area contributed by atoms with E-state index < -0.39 is 10.7 Å². The van der Waals surface area contributed by atoms with E-state index in [9.17, 15) is 0 Å². The summed E-state index contributed by atoms with van der Waals surface area (Å²) < 4.78 is 17.2. The normalized spacial score (nSPS) is 14.8. The Morgan fingerprint density at radius 1 is 1.02 bits per heavy atom. The molecule has 42 heavy (non-hydrogen) atoms. The van der Waals surface area contributed by atoms with Crippen molar-refractivity contribution in [2.24, 2.45) is 4.99 Å². The van der Waals surface area contributed by atoms with E-state index in [0.29, 0.717) is 50.9 Å². The molecule has 8 radical (unpaired) electrons. The van der Waals surface area contributed by atoms with Gasteiger partial charge in [-0.1, -0.05) is 13.8 Å². The van der Waals surface area contributed by atoms with Gasteiger partial charge in [0.05, 0.1) is 45.1 Å². The number of nitrogens with zero attached hydrogens (tertiary/aromatic N) is 8. The smallest absolute Gasteiger partial charge is 0.256 e. The third-order valence-corrected chi connectivity index (χ3v) is 7.03. The van der Waals surface area contributed by atoms with E-state index in [1.807, 2.05) is 43.0 Å². The Kier molecular flexibility index (Phi) is 11.2. The van der Waals surface area contributed by atoms with E-state index in [2.05, 4.69) is 25.0 Å². The van der Waals surface area contributed by atoms with Crippen molar-refractivity contribution in [1.29, 1.82) is 0 Å². The number of anilines is 3. The number of piperazine rings is 1. The van der Waals surface area contributed by atoms with Gasteiger partial charge in [-0.25, -0.2) is 4.98 Å². The fraction of sp³-hybridized carbons (Fsp3) is 0.538. The van der Waals surface area contributed by atoms with Gasteiger partial charge in [0, 0.05) is 59.1 Å². The number of aromatic nitrogens is 4. The minimum atomic E-state index is -1.75. The first-order chi connectivity index (χ1) is 20.0. The SMILES string of the molecule is CC.[B]C([B])(N1CCN(c2ccc(OCCOC)cc2)CC1)C([B])([B])N(C)c1cc2nc(C(=NC)OC)nn2c(N)n1. The first-order valence-corrected chi connectivity index (χ1v) is 13.7. The molecule has 1 aliphatic heterocycles. The van der Waals surface area contributed by atoms with Crippen LogP contribution in [0.25, 0.3) is 5.65 Å². The van der Waals surface area contributed by atoms with Gasteiger partial charge in [0.1, 0.15) is 18.2 Å². The number of benzene rings is 1. The first kappa shape index (κ1) is 33.1. The fourth-order valence-electron chi connectivity index (χ4n) is 4.49. The zero-order valence-corrected chi connectivity index (χ0v) is 25.3. The molecule has 2 aromatic heterocycles. The van der Waals surface area contributed by atoms with Gasteiger partial charge in [0.2, 0.25) is 11.8 Å². The van der Waals surface area contributed by atoms with Crippen LogP contribution in [0, 0.1) is 0 Å². The molecule has 3 heterocycles. The van der Waals surface area contributed by atoms with Crippen LogP contribution in [0.5, 0.6) is 5.75 Å². The topological polar surface area (TPSA) is 119 Å². The molecule has 1 saturated heterocycles. The molecule has 0 bridgehead atoms. The van der Waals surface area contributed by atoms with Crippen LogP contribution in [0.3, 0.4) is 0 Å². The average molecular weight is 567 g/mol. The predicted octanol–water partition coefficient (Wildman–Crippen LogP) is 0.0207. The lowest BCUT2D eigenvalue weighted by Gasteiger charge is -2.58. The zero-order chi connectivity index (χ0) is 31.1. The van der Waals surface area contributed by atoms with Crippen LogP contribution in [-0.2, 0) is 9.47 Å². The van der Waals surface area contributed by atoms with Crippen LogP contribution >= 0.6 is 0 Å². The van der Waals surface area contributed by atoms with Crippen LogP contribution in [0.2, 0.25) is 0 Å². The molecule has 12 nitrogen and oxygen atoms in total. The number of ether oxygens (including phenoxy) is 3. The maximum absolute atomic E-state index is 6.64. The maximum Gasteiger partial charge on any atom is 0.256 e. The summed E-state index contributed by atoms with van der Waals surface area (Å²) in [7, 11) is 32.8. The Bertz CT molecular complexity index is 1330. The Morgan fingerprint density at radius 3 is 2.24 bits per heavy atom. The van der Waals surface area contributed by atoms with Crippen molar-refractivity contribution in [3.05, 3.63) is 36.2 Å². The van der Waals surface area contributed by atoms with E-state index in [4.69, 9.17) is 51.3 Å². The van der Waals surface area contributed by atoms with Crippen molar-refractivity contribution >= 4 is 60.4 Å². The van der Waals surface area contributed by atoms with Crippen LogP contribution < -0.4 is 20.3 Å². The van der Waals surface area contributed by atoms with Crippen LogP contribution in [0.15, 0.2) is 35.3 Å². The highest BCUT2D eigenvalue weighted by molar-refractivity contribution is 6.55. The number of hydrogen-bond donors (Lipinski definition) is 1. The molecular weight excluding hydrogens is 530 g/mol. The van der Waals surface area contributed by atoms with Crippen molar-refractivity contribution < 1.29 is 14.2 Å². The zero-order valence-electron chi connectivity index (χ0n) is 25.3. The molecule has 3 aromatic rings. The van der Waals surface area contributed by atoms with E-state index in [0.717, 1.165) is 11.4 Å². The van der Waals surface area contributed by atoms with Gasteiger partial charge < -0.3 is 34.6 Å². The molecule has 0 amide bonds. The van der Waals surface area contributed by atoms with E-state index in [-0.39, 0.29) is 17.7 Å². The molecule has 216 valence electrons. The third kappa shape index (κ3) is 6.81. The molecule has 0 atom stereocenters. The van der Waals surface area contributed by atoms with Crippen molar-refractivity contribution in [2.75, 3.05) is 83.2 Å². The first-order valence-electron chi connectivity index (χ1n) is 13.7. The summed E-state index contributed by atoms with van der Waals surface area (Å²) >= 11 is 0. The maximum atomic E-state index is 6.64. The molecule has 2 N–H and O–H groups in total. The highest BCUT2D eigenvalue weighted by Gasteiger charge is 2.43. The average Bonchev–Trinajstić information content (AvgIpc) is 3.43. The Labute approximate surface area is 253 Å². The number of fused-ring (bicyclic) bond motifs is 1. The molecule has 1 fully saturated rings. The lowest BCUT2D eigenvalue weighted by atomic mass is 9.37. The van der Waals surface area contributed by atoms with Crippen LogP contribution in [0.1, 0.15) is 19.7 Å². The molecule has 1 aromatic carbocycles. The lowest BCUT2D eigenvalue weighted by molar-refractivity contribution is 0.146. The van der Waals surface area contributed by atoms with Gasteiger partial charge >= 0.3 is 0 Å². The summed E-state index contributed by atoms with van der Waals surface area (Å²) in [6.45, 7) is 7.42. The second-order valence-electron chi connectivity index (χ2n) is 9.43. The summed E-state index contributed by atoms with van der Waals surface area (Å²) in [6, 6.07) is 9.54. The molecule has 0 saturated carbocycles. The number of nitrogens with two attached hydrogens (primary N) is 1. The predicted molar refractivity (Wildman–Crippen MR) is 170 cm³/mol. The fourth-order valence-corrected chi connectivity index (χ4v) is 4.49. The van der Waals surface area contributed by atoms with Gasteiger partial charge in [-0.15, -0.1) is 5.10 Å². The van der Waals surface area contributed by atoms with Gasteiger partial charge in [0.15, 0.2) is 5.65 Å². The van der Waals surface area contributed by atoms with Crippen LogP contribution in [-0.4, -0.2) is 140 Å². The molecule has 0 spiro atoms. The number of rotatable bonds is 10. The largest absolute Gasteiger partial charge is 0.491 e. The Hall–Kier alpha value is -3.38. The molecule has 0 unspecified atom stereocenters. The Morgan fingerprint density at radius 2 is 1.67 bits per heavy atom. The van der Waals surface area contributed by atoms with E-state index >= 15 is 0 Å². The summed E-state index contributed by atoms with van der Waals surface area (Å²) in [4.78, 5) is 18.4. The molecule has 1 aliphatic rings. The quantitative estimate of drug-likeness (QED) is 0.156. The summed E-state index contributed by atoms with van der Waals surface area (Å²) in [5.74, 6) is 1.66. The number of hydrogen-bond acceptors (Lipinski definition) is 11. The molecule has 4 rings (SSSR count). The standard InChI is InChI=1S/C24H31B4N9O3.C2H6/c1-30-21(39-4)20-31-19-15-18(32-22(29)37(19)33-20)34(2)23(25,26)24(27,28)36-11-9-35(10-12-36)16-5-7-17(8-6-16)40-14-13-38-3;1-2/h5-8,15H,9-14H2,1-4H3,(H2,29,32);1-2H3. The number of methoxy groups -OCH3 is 2. The minimum Gasteiger partial charge on any atom is -0.491 e. The highest BCUT2D eigenvalue weighted by Crippen LogP contribution is 2.30. The highest BCUT2D eigenvalue weighted by atomic mass is 16.5. The number of likely N-dealkylation sites (N-methyl/N-ethyl adjacent to an activating group) is 1. The lowest BCUT2D eigenvalue weighted by Crippen LogP contribution is -2.74. The van der Waals surface area contributed by atoms with E-state index in [1.54, 1.807) is 27.3 Å². The molecule has 16 heteroatoms. The van der Waals surface area contributed by atoms with E-state index in [1.165, 1.54) is 16.5 Å². The minimum absolute atomic E-state index is 0.0591. The second kappa shape index (κ2) is 14.2. The second-order valence-corrected chi connectivity index (χ2v) is 9.43. The van der Waals surface area contributed by atoms with Gasteiger partial charge in [-0.05, 0) is 34.9 Å². The third-order valence-electron chi connectivity index (χ3n) is 7.03. The van der Waals surface area contributed by atoms with Gasteiger partial charge in [-0.3, -0.25) is 4.99 Å². The van der Waals surface area contributed by atoms with Crippen LogP contribution in [0.4, 0.5) is 17.5 Å². The van der Waals surface area contributed by atoms with Crippen molar-refractivity contribution in [2.45, 2.75) is 24.5 Å². The summed E-state index contributed by atoms with van der Waals surface area (Å²) in [5, 5.41) is 0.917. The van der Waals surface area contributed by atoms with Gasteiger partial charge in [0.25, 0.3) is 5.90 Å². The van der Waals surface area contributed by atoms with Gasteiger partial charge in [-0.2, -0.15) is 9.50 Å². The summed E-state index contributed by atoms with van der Waals surface area (Å²) in [5.41, 5.74) is 7.62. The Balaban J connectivity index is 0.00000237. The molecular formula is C26H37B4N9O3. The number of aliphatic imine (C=N–C) groups is 1. The van der Waals surface area contributed by atoms with Crippen molar-refractivity contribution in [1.82, 2.24) is 24.5 Å². The van der Waals surface area contributed by atoms with Crippen molar-refractivity contribution in [3.63, 3.8) is 0 Å². The van der Waals surface area contributed by atoms with Crippen molar-refractivity contribution in [3.8, 4) is 5.75 Å². The monoisotopic (exact) mass is 567 g/mol. The molecule has 0 aliphatic carbocycles.